The van der Waals surface area contributed by atoms with Crippen LogP contribution in [0.2, 0.25) is 0 Å². The second-order valence-corrected chi connectivity index (χ2v) is 5.31. The minimum Gasteiger partial charge on any atom is -0.396 e. The molecule has 0 aliphatic heterocycles. The van der Waals surface area contributed by atoms with Gasteiger partial charge in [0.2, 0.25) is 0 Å². The number of hydrogen-bond donors (Lipinski definition) is 2. The fraction of sp³-hybridized carbons (Fsp3) is 0.538. The van der Waals surface area contributed by atoms with Crippen LogP contribution in [0.15, 0.2) is 18.2 Å². The van der Waals surface area contributed by atoms with Crippen molar-refractivity contribution in [1.29, 1.82) is 0 Å². The third-order valence-electron chi connectivity index (χ3n) is 2.38. The van der Waals surface area contributed by atoms with Gasteiger partial charge in [0.1, 0.15) is 0 Å². The van der Waals surface area contributed by atoms with Crippen LogP contribution in [0.1, 0.15) is 23.1 Å². The van der Waals surface area contributed by atoms with Gasteiger partial charge in [-0.1, -0.05) is 29.3 Å². The number of rotatable bonds is 6. The first-order chi connectivity index (χ1) is 7.61. The maximum absolute atomic E-state index is 8.74. The summed E-state index contributed by atoms with van der Waals surface area (Å²) >= 11 is 1.84. The number of aliphatic hydroxyl groups excluding tert-OH is 1. The molecule has 0 aromatic heterocycles. The van der Waals surface area contributed by atoms with E-state index in [1.807, 2.05) is 11.8 Å². The number of aliphatic hydroxyl groups is 1. The molecule has 1 aromatic rings. The molecule has 0 amide bonds. The van der Waals surface area contributed by atoms with Gasteiger partial charge in [-0.25, -0.2) is 0 Å². The van der Waals surface area contributed by atoms with Crippen LogP contribution < -0.4 is 5.73 Å². The van der Waals surface area contributed by atoms with E-state index in [9.17, 15) is 0 Å². The third-order valence-corrected chi connectivity index (χ3v) is 3.58. The van der Waals surface area contributed by atoms with Gasteiger partial charge in [-0.05, 0) is 25.8 Å². The fourth-order valence-electron chi connectivity index (χ4n) is 1.73. The lowest BCUT2D eigenvalue weighted by Gasteiger charge is -2.10. The molecular weight excluding hydrogens is 218 g/mol. The van der Waals surface area contributed by atoms with Crippen molar-refractivity contribution in [2.75, 3.05) is 12.4 Å². The van der Waals surface area contributed by atoms with Crippen LogP contribution in [-0.2, 0) is 5.75 Å². The molecule has 0 fully saturated rings. The molecule has 0 bridgehead atoms. The van der Waals surface area contributed by atoms with Gasteiger partial charge in [0.25, 0.3) is 0 Å². The van der Waals surface area contributed by atoms with Crippen LogP contribution in [0.5, 0.6) is 0 Å². The van der Waals surface area contributed by atoms with Crippen molar-refractivity contribution < 1.29 is 5.11 Å². The second-order valence-electron chi connectivity index (χ2n) is 4.28. The van der Waals surface area contributed by atoms with Gasteiger partial charge in [-0.3, -0.25) is 0 Å². The van der Waals surface area contributed by atoms with Gasteiger partial charge >= 0.3 is 0 Å². The first-order valence-electron chi connectivity index (χ1n) is 5.63. The Bertz CT molecular complexity index is 307. The second kappa shape index (κ2) is 6.94. The first-order valence-corrected chi connectivity index (χ1v) is 6.78. The predicted molar refractivity (Wildman–Crippen MR) is 71.8 cm³/mol. The number of aryl methyl sites for hydroxylation is 2. The number of benzene rings is 1. The van der Waals surface area contributed by atoms with Gasteiger partial charge in [0, 0.05) is 24.2 Å². The van der Waals surface area contributed by atoms with Crippen LogP contribution in [-0.4, -0.2) is 23.5 Å². The Kier molecular flexibility index (Phi) is 5.88. The normalized spacial score (nSPS) is 12.8. The molecular formula is C13H21NOS. The molecule has 1 aromatic carbocycles. The summed E-state index contributed by atoms with van der Waals surface area (Å²) in [5.74, 6) is 1.91. The molecule has 0 aliphatic rings. The van der Waals surface area contributed by atoms with E-state index in [2.05, 4.69) is 32.0 Å². The molecule has 2 nitrogen and oxygen atoms in total. The monoisotopic (exact) mass is 239 g/mol. The average molecular weight is 239 g/mol. The lowest BCUT2D eigenvalue weighted by atomic mass is 10.1. The molecule has 90 valence electrons. The quantitative estimate of drug-likeness (QED) is 0.800. The minimum absolute atomic E-state index is 0.112. The summed E-state index contributed by atoms with van der Waals surface area (Å²) < 4.78 is 0. The highest BCUT2D eigenvalue weighted by atomic mass is 32.2. The molecule has 0 saturated carbocycles. The van der Waals surface area contributed by atoms with Crippen molar-refractivity contribution in [2.24, 2.45) is 5.73 Å². The Balaban J connectivity index is 2.37. The Morgan fingerprint density at radius 2 is 1.88 bits per heavy atom. The van der Waals surface area contributed by atoms with Crippen LogP contribution in [0.3, 0.4) is 0 Å². The van der Waals surface area contributed by atoms with Gasteiger partial charge in [0.15, 0.2) is 0 Å². The van der Waals surface area contributed by atoms with Crippen LogP contribution >= 0.6 is 11.8 Å². The highest BCUT2D eigenvalue weighted by Crippen LogP contribution is 2.16. The zero-order valence-electron chi connectivity index (χ0n) is 10.1. The molecule has 0 aliphatic carbocycles. The highest BCUT2D eigenvalue weighted by molar-refractivity contribution is 7.98. The third kappa shape index (κ3) is 5.01. The van der Waals surface area contributed by atoms with E-state index in [0.717, 1.165) is 11.5 Å². The summed E-state index contributed by atoms with van der Waals surface area (Å²) in [5, 5.41) is 8.74. The predicted octanol–water partition coefficient (Wildman–Crippen LogP) is 2.25. The van der Waals surface area contributed by atoms with E-state index in [1.54, 1.807) is 0 Å². The van der Waals surface area contributed by atoms with Crippen molar-refractivity contribution in [3.63, 3.8) is 0 Å². The molecule has 1 unspecified atom stereocenters. The van der Waals surface area contributed by atoms with Crippen LogP contribution in [0, 0.1) is 13.8 Å². The molecule has 3 heteroatoms. The van der Waals surface area contributed by atoms with E-state index in [4.69, 9.17) is 10.8 Å². The number of hydrogen-bond acceptors (Lipinski definition) is 3. The smallest absolute Gasteiger partial charge is 0.0446 e. The van der Waals surface area contributed by atoms with Gasteiger partial charge in [-0.15, -0.1) is 0 Å². The largest absolute Gasteiger partial charge is 0.396 e. The summed E-state index contributed by atoms with van der Waals surface area (Å²) in [4.78, 5) is 0. The topological polar surface area (TPSA) is 46.2 Å². The van der Waals surface area contributed by atoms with E-state index in [0.29, 0.717) is 6.42 Å². The number of nitrogens with two attached hydrogens (primary N) is 1. The van der Waals surface area contributed by atoms with E-state index in [1.165, 1.54) is 16.7 Å². The van der Waals surface area contributed by atoms with Crippen molar-refractivity contribution in [2.45, 2.75) is 32.1 Å². The zero-order valence-corrected chi connectivity index (χ0v) is 10.9. The molecule has 16 heavy (non-hydrogen) atoms. The molecule has 0 heterocycles. The van der Waals surface area contributed by atoms with Gasteiger partial charge in [-0.2, -0.15) is 11.8 Å². The maximum Gasteiger partial charge on any atom is 0.0446 e. The molecule has 3 N–H and O–H groups in total. The summed E-state index contributed by atoms with van der Waals surface area (Å²) in [6.07, 6.45) is 0.694. The van der Waals surface area contributed by atoms with E-state index >= 15 is 0 Å². The van der Waals surface area contributed by atoms with Gasteiger partial charge in [0.05, 0.1) is 0 Å². The molecule has 0 saturated heterocycles. The maximum atomic E-state index is 8.74. The Hall–Kier alpha value is -0.510. The highest BCUT2D eigenvalue weighted by Gasteiger charge is 2.02. The molecule has 1 atom stereocenters. The Morgan fingerprint density at radius 1 is 1.25 bits per heavy atom. The Morgan fingerprint density at radius 3 is 2.44 bits per heavy atom. The van der Waals surface area contributed by atoms with Crippen molar-refractivity contribution >= 4 is 11.8 Å². The standard InChI is InChI=1S/C13H21NOS/c1-10-5-11(2)7-12(6-10)8-16-9-13(14)3-4-15/h5-7,13,15H,3-4,8-9,14H2,1-2H3. The first kappa shape index (κ1) is 13.6. The van der Waals surface area contributed by atoms with Crippen LogP contribution in [0.4, 0.5) is 0 Å². The van der Waals surface area contributed by atoms with E-state index in [-0.39, 0.29) is 12.6 Å². The SMILES string of the molecule is Cc1cc(C)cc(CSCC(N)CCO)c1. The van der Waals surface area contributed by atoms with E-state index < -0.39 is 0 Å². The molecule has 1 rings (SSSR count). The summed E-state index contributed by atoms with van der Waals surface area (Å²) in [6.45, 7) is 4.43. The average Bonchev–Trinajstić information content (AvgIpc) is 2.16. The fourth-order valence-corrected chi connectivity index (χ4v) is 2.72. The summed E-state index contributed by atoms with van der Waals surface area (Å²) in [7, 11) is 0. The lowest BCUT2D eigenvalue weighted by molar-refractivity contribution is 0.279. The summed E-state index contributed by atoms with van der Waals surface area (Å²) in [5.41, 5.74) is 9.82. The van der Waals surface area contributed by atoms with Crippen LogP contribution in [0.25, 0.3) is 0 Å². The van der Waals surface area contributed by atoms with Crippen molar-refractivity contribution in [3.8, 4) is 0 Å². The minimum atomic E-state index is 0.112. The Labute approximate surface area is 102 Å². The molecule has 0 spiro atoms. The summed E-state index contributed by atoms with van der Waals surface area (Å²) in [6, 6.07) is 6.74. The van der Waals surface area contributed by atoms with Crippen molar-refractivity contribution in [1.82, 2.24) is 0 Å². The number of thioether (sulfide) groups is 1. The van der Waals surface area contributed by atoms with Gasteiger partial charge < -0.3 is 10.8 Å². The zero-order chi connectivity index (χ0) is 12.0. The lowest BCUT2D eigenvalue weighted by Crippen LogP contribution is -2.24. The molecule has 0 radical (unpaired) electrons. The van der Waals surface area contributed by atoms with Crippen molar-refractivity contribution in [3.05, 3.63) is 34.9 Å².